The number of likely N-dealkylation sites (N-methyl/N-ethyl adjacent to an activating group) is 1. The monoisotopic (exact) mass is 209 g/mol. The van der Waals surface area contributed by atoms with Crippen LogP contribution in [0.5, 0.6) is 0 Å². The fourth-order valence-corrected chi connectivity index (χ4v) is 2.03. The maximum atomic E-state index is 12.8. The highest BCUT2D eigenvalue weighted by Gasteiger charge is 2.27. The maximum Gasteiger partial charge on any atom is 0.123 e. The second-order valence-electron chi connectivity index (χ2n) is 4.48. The highest BCUT2D eigenvalue weighted by molar-refractivity contribution is 5.23. The Bertz CT molecular complexity index is 303. The average molecular weight is 209 g/mol. The van der Waals surface area contributed by atoms with E-state index in [1.807, 2.05) is 19.2 Å². The molecule has 84 valence electrons. The Kier molecular flexibility index (Phi) is 3.86. The van der Waals surface area contributed by atoms with E-state index in [0.717, 1.165) is 6.42 Å². The van der Waals surface area contributed by atoms with E-state index in [-0.39, 0.29) is 11.4 Å². The fraction of sp³-hybridized carbons (Fsp3) is 0.538. The normalized spacial score (nSPS) is 13.9. The van der Waals surface area contributed by atoms with Crippen LogP contribution in [-0.2, 0) is 0 Å². The van der Waals surface area contributed by atoms with Gasteiger partial charge < -0.3 is 5.32 Å². The van der Waals surface area contributed by atoms with Gasteiger partial charge in [0, 0.05) is 11.5 Å². The van der Waals surface area contributed by atoms with Gasteiger partial charge in [0.2, 0.25) is 0 Å². The van der Waals surface area contributed by atoms with Crippen LogP contribution >= 0.6 is 0 Å². The summed E-state index contributed by atoms with van der Waals surface area (Å²) in [6.45, 7) is 6.50. The van der Waals surface area contributed by atoms with Crippen molar-refractivity contribution in [3.63, 3.8) is 0 Å². The number of nitrogens with one attached hydrogen (secondary N) is 1. The first-order chi connectivity index (χ1) is 7.01. The van der Waals surface area contributed by atoms with Crippen molar-refractivity contribution < 1.29 is 4.39 Å². The number of benzene rings is 1. The molecule has 0 aliphatic heterocycles. The second kappa shape index (κ2) is 4.75. The molecule has 0 amide bonds. The van der Waals surface area contributed by atoms with E-state index in [0.29, 0.717) is 5.92 Å². The molecule has 0 spiro atoms. The molecule has 0 saturated heterocycles. The molecule has 1 aromatic carbocycles. The molecule has 0 aliphatic carbocycles. The molecule has 0 fully saturated rings. The summed E-state index contributed by atoms with van der Waals surface area (Å²) in [6, 6.07) is 6.82. The van der Waals surface area contributed by atoms with Gasteiger partial charge in [-0.1, -0.05) is 19.1 Å². The van der Waals surface area contributed by atoms with E-state index in [1.165, 1.54) is 17.7 Å². The smallest absolute Gasteiger partial charge is 0.123 e. The molecular formula is C13H20FN. The lowest BCUT2D eigenvalue weighted by Crippen LogP contribution is -2.42. The van der Waals surface area contributed by atoms with Crippen molar-refractivity contribution in [3.05, 3.63) is 35.6 Å². The standard InChI is InChI=1S/C13H20FN/c1-5-12(13(2,3)15-4)10-6-8-11(14)9-7-10/h6-9,12,15H,5H2,1-4H3/t12-/m0/s1. The zero-order valence-corrected chi connectivity index (χ0v) is 9.97. The first-order valence-electron chi connectivity index (χ1n) is 5.45. The van der Waals surface area contributed by atoms with Crippen molar-refractivity contribution in [3.8, 4) is 0 Å². The van der Waals surface area contributed by atoms with Crippen molar-refractivity contribution in [1.82, 2.24) is 5.32 Å². The number of rotatable bonds is 4. The van der Waals surface area contributed by atoms with Gasteiger partial charge in [-0.05, 0) is 45.0 Å². The van der Waals surface area contributed by atoms with Gasteiger partial charge in [-0.15, -0.1) is 0 Å². The summed E-state index contributed by atoms with van der Waals surface area (Å²) in [6.07, 6.45) is 1.04. The van der Waals surface area contributed by atoms with Crippen LogP contribution in [0.2, 0.25) is 0 Å². The van der Waals surface area contributed by atoms with Crippen LogP contribution < -0.4 is 5.32 Å². The van der Waals surface area contributed by atoms with Crippen LogP contribution in [0.3, 0.4) is 0 Å². The first kappa shape index (κ1) is 12.2. The largest absolute Gasteiger partial charge is 0.314 e. The molecular weight excluding hydrogens is 189 g/mol. The minimum atomic E-state index is -0.170. The van der Waals surface area contributed by atoms with Gasteiger partial charge in [-0.3, -0.25) is 0 Å². The molecule has 0 aliphatic rings. The summed E-state index contributed by atoms with van der Waals surface area (Å²) in [5, 5.41) is 3.31. The van der Waals surface area contributed by atoms with E-state index in [2.05, 4.69) is 26.1 Å². The summed E-state index contributed by atoms with van der Waals surface area (Å²) in [5.74, 6) is 0.235. The minimum Gasteiger partial charge on any atom is -0.314 e. The summed E-state index contributed by atoms with van der Waals surface area (Å²) >= 11 is 0. The van der Waals surface area contributed by atoms with E-state index in [4.69, 9.17) is 0 Å². The summed E-state index contributed by atoms with van der Waals surface area (Å²) in [7, 11) is 1.96. The Morgan fingerprint density at radius 2 is 1.80 bits per heavy atom. The van der Waals surface area contributed by atoms with Crippen molar-refractivity contribution in [2.45, 2.75) is 38.6 Å². The van der Waals surface area contributed by atoms with E-state index < -0.39 is 0 Å². The van der Waals surface area contributed by atoms with Crippen molar-refractivity contribution in [2.75, 3.05) is 7.05 Å². The lowest BCUT2D eigenvalue weighted by molar-refractivity contribution is 0.335. The van der Waals surface area contributed by atoms with Crippen molar-refractivity contribution in [1.29, 1.82) is 0 Å². The van der Waals surface area contributed by atoms with E-state index in [9.17, 15) is 4.39 Å². The molecule has 1 rings (SSSR count). The fourth-order valence-electron chi connectivity index (χ4n) is 2.03. The van der Waals surface area contributed by atoms with E-state index in [1.54, 1.807) is 0 Å². The Morgan fingerprint density at radius 1 is 1.27 bits per heavy atom. The second-order valence-corrected chi connectivity index (χ2v) is 4.48. The lowest BCUT2D eigenvalue weighted by atomic mass is 9.80. The van der Waals surface area contributed by atoms with Crippen LogP contribution in [0.15, 0.2) is 24.3 Å². The predicted molar refractivity (Wildman–Crippen MR) is 62.6 cm³/mol. The summed E-state index contributed by atoms with van der Waals surface area (Å²) in [4.78, 5) is 0. The average Bonchev–Trinajstić information content (AvgIpc) is 2.22. The summed E-state index contributed by atoms with van der Waals surface area (Å²) < 4.78 is 12.8. The molecule has 1 N–H and O–H groups in total. The zero-order chi connectivity index (χ0) is 11.5. The first-order valence-corrected chi connectivity index (χ1v) is 5.45. The molecule has 1 atom stereocenters. The SMILES string of the molecule is CC[C@@H](c1ccc(F)cc1)C(C)(C)NC. The molecule has 0 aromatic heterocycles. The Hall–Kier alpha value is -0.890. The molecule has 1 aromatic rings. The lowest BCUT2D eigenvalue weighted by Gasteiger charge is -2.34. The number of hydrogen-bond donors (Lipinski definition) is 1. The highest BCUT2D eigenvalue weighted by atomic mass is 19.1. The molecule has 15 heavy (non-hydrogen) atoms. The van der Waals surface area contributed by atoms with Gasteiger partial charge in [0.15, 0.2) is 0 Å². The quantitative estimate of drug-likeness (QED) is 0.802. The highest BCUT2D eigenvalue weighted by Crippen LogP contribution is 2.30. The molecule has 0 heterocycles. The van der Waals surface area contributed by atoms with Gasteiger partial charge in [0.05, 0.1) is 0 Å². The maximum absolute atomic E-state index is 12.8. The molecule has 0 bridgehead atoms. The third-order valence-corrected chi connectivity index (χ3v) is 3.20. The van der Waals surface area contributed by atoms with Crippen LogP contribution in [0.25, 0.3) is 0 Å². The van der Waals surface area contributed by atoms with Gasteiger partial charge >= 0.3 is 0 Å². The van der Waals surface area contributed by atoms with Gasteiger partial charge in [-0.2, -0.15) is 0 Å². The molecule has 2 heteroatoms. The molecule has 0 unspecified atom stereocenters. The van der Waals surface area contributed by atoms with E-state index >= 15 is 0 Å². The number of hydrogen-bond acceptors (Lipinski definition) is 1. The minimum absolute atomic E-state index is 0.0343. The Labute approximate surface area is 91.7 Å². The van der Waals surface area contributed by atoms with Crippen molar-refractivity contribution >= 4 is 0 Å². The van der Waals surface area contributed by atoms with Gasteiger partial charge in [0.25, 0.3) is 0 Å². The Balaban J connectivity index is 2.97. The Morgan fingerprint density at radius 3 is 2.20 bits per heavy atom. The molecule has 0 radical (unpaired) electrons. The zero-order valence-electron chi connectivity index (χ0n) is 9.97. The molecule has 1 nitrogen and oxygen atoms in total. The third kappa shape index (κ3) is 2.78. The van der Waals surface area contributed by atoms with Crippen LogP contribution in [0, 0.1) is 5.82 Å². The van der Waals surface area contributed by atoms with Crippen molar-refractivity contribution in [2.24, 2.45) is 0 Å². The topological polar surface area (TPSA) is 12.0 Å². The number of halogens is 1. The third-order valence-electron chi connectivity index (χ3n) is 3.20. The van der Waals surface area contributed by atoms with Crippen LogP contribution in [0.4, 0.5) is 4.39 Å². The molecule has 0 saturated carbocycles. The van der Waals surface area contributed by atoms with Gasteiger partial charge in [0.1, 0.15) is 5.82 Å². The predicted octanol–water partition coefficient (Wildman–Crippen LogP) is 3.32. The van der Waals surface area contributed by atoms with Gasteiger partial charge in [-0.25, -0.2) is 4.39 Å². The van der Waals surface area contributed by atoms with Crippen LogP contribution in [-0.4, -0.2) is 12.6 Å². The summed E-state index contributed by atoms with van der Waals surface area (Å²) in [5.41, 5.74) is 1.23. The van der Waals surface area contributed by atoms with Crippen LogP contribution in [0.1, 0.15) is 38.7 Å².